The highest BCUT2D eigenvalue weighted by Crippen LogP contribution is 2.42. The van der Waals surface area contributed by atoms with Gasteiger partial charge in [0.1, 0.15) is 4.88 Å². The van der Waals surface area contributed by atoms with Crippen LogP contribution < -0.4 is 10.2 Å². The molecule has 36 heavy (non-hydrogen) atoms. The lowest BCUT2D eigenvalue weighted by Crippen LogP contribution is -2.41. The zero-order chi connectivity index (χ0) is 25.4. The van der Waals surface area contributed by atoms with E-state index in [0.29, 0.717) is 21.1 Å². The predicted octanol–water partition coefficient (Wildman–Crippen LogP) is 6.17. The van der Waals surface area contributed by atoms with Crippen molar-refractivity contribution in [2.45, 2.75) is 25.1 Å². The van der Waals surface area contributed by atoms with Gasteiger partial charge in [-0.2, -0.15) is 23.3 Å². The summed E-state index contributed by atoms with van der Waals surface area (Å²) in [5.74, 6) is -0.225. The molecule has 3 N–H and O–H groups in total. The third-order valence-corrected chi connectivity index (χ3v) is 7.78. The number of H-pyrrole nitrogens is 1. The number of hydrogen-bond donors (Lipinski definition) is 3. The molecule has 1 aliphatic heterocycles. The van der Waals surface area contributed by atoms with Crippen LogP contribution >= 0.6 is 22.9 Å². The first-order valence-electron chi connectivity index (χ1n) is 11.4. The number of anilines is 1. The van der Waals surface area contributed by atoms with Crippen molar-refractivity contribution < 1.29 is 18.3 Å². The second kappa shape index (κ2) is 9.76. The Hall–Kier alpha value is -3.08. The fourth-order valence-corrected chi connectivity index (χ4v) is 5.63. The SMILES string of the molecule is CN(c1nc(O)c(C(=Cc2ccc(Cl)cc2C(F)(F)F)c2ccc3[nH]ncc3c2)s1)C1CCNCC1. The van der Waals surface area contributed by atoms with Crippen LogP contribution in [0.1, 0.15) is 34.4 Å². The Morgan fingerprint density at radius 1 is 1.19 bits per heavy atom. The van der Waals surface area contributed by atoms with Crippen LogP contribution in [0, 0.1) is 0 Å². The second-order valence-corrected chi connectivity index (χ2v) is 10.1. The molecule has 5 rings (SSSR count). The Morgan fingerprint density at radius 3 is 2.72 bits per heavy atom. The van der Waals surface area contributed by atoms with Gasteiger partial charge in [-0.25, -0.2) is 0 Å². The maximum absolute atomic E-state index is 13.9. The number of thiazole rings is 1. The van der Waals surface area contributed by atoms with E-state index in [9.17, 15) is 18.3 Å². The summed E-state index contributed by atoms with van der Waals surface area (Å²) in [6, 6.07) is 9.33. The van der Waals surface area contributed by atoms with E-state index in [2.05, 4.69) is 20.5 Å². The van der Waals surface area contributed by atoms with Crippen LogP contribution in [0.15, 0.2) is 42.6 Å². The third-order valence-electron chi connectivity index (χ3n) is 6.37. The average Bonchev–Trinajstić information content (AvgIpc) is 3.48. The van der Waals surface area contributed by atoms with Gasteiger partial charge in [-0.3, -0.25) is 5.10 Å². The molecule has 0 amide bonds. The summed E-state index contributed by atoms with van der Waals surface area (Å²) in [6.07, 6.45) is 0.342. The Morgan fingerprint density at radius 2 is 1.97 bits per heavy atom. The van der Waals surface area contributed by atoms with E-state index in [1.807, 2.05) is 18.0 Å². The first-order chi connectivity index (χ1) is 17.2. The molecule has 0 aliphatic carbocycles. The van der Waals surface area contributed by atoms with Crippen LogP contribution in [0.2, 0.25) is 5.02 Å². The number of piperidine rings is 1. The van der Waals surface area contributed by atoms with E-state index in [1.54, 1.807) is 18.3 Å². The van der Waals surface area contributed by atoms with Crippen molar-refractivity contribution in [3.63, 3.8) is 0 Å². The van der Waals surface area contributed by atoms with Gasteiger partial charge < -0.3 is 15.3 Å². The lowest BCUT2D eigenvalue weighted by Gasteiger charge is -2.31. The number of nitrogens with zero attached hydrogens (tertiary/aromatic N) is 3. The summed E-state index contributed by atoms with van der Waals surface area (Å²) >= 11 is 7.15. The molecular weight excluding hydrogens is 511 g/mol. The van der Waals surface area contributed by atoms with Gasteiger partial charge in [-0.15, -0.1) is 0 Å². The number of nitrogens with one attached hydrogen (secondary N) is 2. The zero-order valence-electron chi connectivity index (χ0n) is 19.2. The topological polar surface area (TPSA) is 77.1 Å². The quantitative estimate of drug-likeness (QED) is 0.267. The van der Waals surface area contributed by atoms with E-state index < -0.39 is 11.7 Å². The number of rotatable bonds is 5. The number of aromatic hydroxyl groups is 1. The highest BCUT2D eigenvalue weighted by Gasteiger charge is 2.33. The van der Waals surface area contributed by atoms with Crippen molar-refractivity contribution in [2.24, 2.45) is 0 Å². The molecule has 4 aromatic rings. The minimum Gasteiger partial charge on any atom is -0.492 e. The van der Waals surface area contributed by atoms with Crippen LogP contribution in [0.25, 0.3) is 22.6 Å². The molecule has 0 radical (unpaired) electrons. The van der Waals surface area contributed by atoms with Crippen LogP contribution in [0.3, 0.4) is 0 Å². The van der Waals surface area contributed by atoms with Crippen molar-refractivity contribution in [3.8, 4) is 5.88 Å². The molecular formula is C25H23ClF3N5OS. The fraction of sp³-hybridized carbons (Fsp3) is 0.280. The van der Waals surface area contributed by atoms with Gasteiger partial charge in [0.05, 0.1) is 17.3 Å². The first-order valence-corrected chi connectivity index (χ1v) is 12.6. The highest BCUT2D eigenvalue weighted by atomic mass is 35.5. The normalized spacial score (nSPS) is 15.5. The van der Waals surface area contributed by atoms with Crippen molar-refractivity contribution in [1.29, 1.82) is 0 Å². The second-order valence-electron chi connectivity index (χ2n) is 8.70. The Balaban J connectivity index is 1.65. The van der Waals surface area contributed by atoms with Gasteiger partial charge in [0.15, 0.2) is 5.13 Å². The van der Waals surface area contributed by atoms with Gasteiger partial charge in [-0.05, 0) is 67.4 Å². The van der Waals surface area contributed by atoms with Crippen LogP contribution in [-0.4, -0.2) is 46.5 Å². The molecule has 2 aromatic carbocycles. The molecule has 188 valence electrons. The summed E-state index contributed by atoms with van der Waals surface area (Å²) in [5, 5.41) is 22.5. The third kappa shape index (κ3) is 4.93. The van der Waals surface area contributed by atoms with Crippen molar-refractivity contribution in [2.75, 3.05) is 25.0 Å². The number of aromatic amines is 1. The molecule has 1 saturated heterocycles. The molecule has 2 aromatic heterocycles. The van der Waals surface area contributed by atoms with E-state index in [1.165, 1.54) is 29.5 Å². The molecule has 0 saturated carbocycles. The number of fused-ring (bicyclic) bond motifs is 1. The molecule has 1 fully saturated rings. The smallest absolute Gasteiger partial charge is 0.417 e. The van der Waals surface area contributed by atoms with E-state index in [-0.39, 0.29) is 22.5 Å². The number of aromatic nitrogens is 3. The first kappa shape index (κ1) is 24.6. The van der Waals surface area contributed by atoms with Gasteiger partial charge in [-0.1, -0.05) is 35.1 Å². The molecule has 11 heteroatoms. The number of halogens is 4. The van der Waals surface area contributed by atoms with E-state index in [4.69, 9.17) is 11.6 Å². The average molecular weight is 534 g/mol. The van der Waals surface area contributed by atoms with E-state index in [0.717, 1.165) is 42.9 Å². The summed E-state index contributed by atoms with van der Waals surface area (Å²) < 4.78 is 41.6. The van der Waals surface area contributed by atoms with Gasteiger partial charge in [0.2, 0.25) is 5.88 Å². The minimum absolute atomic E-state index is 0.00707. The van der Waals surface area contributed by atoms with Crippen molar-refractivity contribution >= 4 is 50.6 Å². The van der Waals surface area contributed by atoms with E-state index >= 15 is 0 Å². The molecule has 0 bridgehead atoms. The Labute approximate surface area is 214 Å². The van der Waals surface area contributed by atoms with Crippen LogP contribution in [-0.2, 0) is 6.18 Å². The fourth-order valence-electron chi connectivity index (χ4n) is 4.42. The number of hydrogen-bond acceptors (Lipinski definition) is 6. The maximum atomic E-state index is 13.9. The van der Waals surface area contributed by atoms with Gasteiger partial charge in [0.25, 0.3) is 0 Å². The zero-order valence-corrected chi connectivity index (χ0v) is 20.8. The van der Waals surface area contributed by atoms with Crippen molar-refractivity contribution in [1.82, 2.24) is 20.5 Å². The Kier molecular flexibility index (Phi) is 6.67. The lowest BCUT2D eigenvalue weighted by molar-refractivity contribution is -0.137. The molecule has 1 aliphatic rings. The Bertz CT molecular complexity index is 1420. The predicted molar refractivity (Wildman–Crippen MR) is 138 cm³/mol. The largest absolute Gasteiger partial charge is 0.492 e. The van der Waals surface area contributed by atoms with Crippen molar-refractivity contribution in [3.05, 3.63) is 69.2 Å². The van der Waals surface area contributed by atoms with Gasteiger partial charge in [0, 0.05) is 29.1 Å². The number of alkyl halides is 3. The van der Waals surface area contributed by atoms with Gasteiger partial charge >= 0.3 is 6.18 Å². The molecule has 3 heterocycles. The summed E-state index contributed by atoms with van der Waals surface area (Å²) in [7, 11) is 1.93. The van der Waals surface area contributed by atoms with Crippen LogP contribution in [0.5, 0.6) is 5.88 Å². The number of benzene rings is 2. The minimum atomic E-state index is -4.60. The summed E-state index contributed by atoms with van der Waals surface area (Å²) in [4.78, 5) is 6.81. The summed E-state index contributed by atoms with van der Waals surface area (Å²) in [6.45, 7) is 1.79. The molecule has 6 nitrogen and oxygen atoms in total. The maximum Gasteiger partial charge on any atom is 0.417 e. The molecule has 0 spiro atoms. The highest BCUT2D eigenvalue weighted by molar-refractivity contribution is 7.17. The van der Waals surface area contributed by atoms with Crippen LogP contribution in [0.4, 0.5) is 18.3 Å². The molecule has 0 atom stereocenters. The lowest BCUT2D eigenvalue weighted by atomic mass is 9.98. The molecule has 0 unspecified atom stereocenters. The summed E-state index contributed by atoms with van der Waals surface area (Å²) in [5.41, 5.74) is 0.927. The monoisotopic (exact) mass is 533 g/mol. The standard InChI is InChI=1S/C25H23ClF3N5OS/c1-34(18-6-8-30-9-7-18)24-32-23(35)22(36-24)19(14-3-5-21-16(10-14)13-31-33-21)11-15-2-4-17(26)12-20(15)25(27,28)29/h2-5,10-13,18,30,35H,6-9H2,1H3,(H,31,33).